The number of sulfonamides is 1. The van der Waals surface area contributed by atoms with Crippen molar-refractivity contribution in [2.75, 3.05) is 45.8 Å². The smallest absolute Gasteiger partial charge is 0.243 e. The van der Waals surface area contributed by atoms with E-state index >= 15 is 0 Å². The van der Waals surface area contributed by atoms with Gasteiger partial charge < -0.3 is 4.90 Å². The summed E-state index contributed by atoms with van der Waals surface area (Å²) in [6.45, 7) is 9.05. The molecule has 0 bridgehead atoms. The lowest BCUT2D eigenvalue weighted by Crippen LogP contribution is -2.49. The van der Waals surface area contributed by atoms with Crippen LogP contribution in [0.3, 0.4) is 0 Å². The average molecular weight is 464 g/mol. The van der Waals surface area contributed by atoms with Gasteiger partial charge in [-0.15, -0.1) is 11.3 Å². The molecule has 3 rings (SSSR count). The Labute approximate surface area is 190 Å². The Morgan fingerprint density at radius 2 is 1.68 bits per heavy atom. The van der Waals surface area contributed by atoms with Gasteiger partial charge in [0.15, 0.2) is 0 Å². The highest BCUT2D eigenvalue weighted by molar-refractivity contribution is 7.89. The lowest BCUT2D eigenvalue weighted by molar-refractivity contribution is -0.132. The topological polar surface area (TPSA) is 60.9 Å². The molecule has 0 atom stereocenters. The molecule has 170 valence electrons. The number of carbonyl (C=O) groups excluding carboxylic acids is 1. The van der Waals surface area contributed by atoms with Crippen LogP contribution in [-0.4, -0.2) is 74.2 Å². The van der Waals surface area contributed by atoms with E-state index in [4.69, 9.17) is 0 Å². The van der Waals surface area contributed by atoms with Gasteiger partial charge in [-0.25, -0.2) is 8.42 Å². The standard InChI is InChI=1S/C23H33N3O3S2/c1-3-26(4-2)31(28,29)22-10-7-20(8-11-22)9-12-23(27)25-17-15-24(16-18-25)14-13-21-6-5-19-30-21/h5-8,10-11,19H,3-4,9,12-18H2,1-2H3. The molecule has 0 aliphatic carbocycles. The van der Waals surface area contributed by atoms with E-state index in [1.807, 2.05) is 30.9 Å². The summed E-state index contributed by atoms with van der Waals surface area (Å²) in [7, 11) is -3.44. The van der Waals surface area contributed by atoms with Gasteiger partial charge in [-0.2, -0.15) is 4.31 Å². The number of hydrogen-bond acceptors (Lipinski definition) is 5. The second kappa shape index (κ2) is 11.2. The van der Waals surface area contributed by atoms with E-state index in [2.05, 4.69) is 22.4 Å². The van der Waals surface area contributed by atoms with Gasteiger partial charge >= 0.3 is 0 Å². The van der Waals surface area contributed by atoms with E-state index in [1.165, 1.54) is 9.18 Å². The Morgan fingerprint density at radius 3 is 2.26 bits per heavy atom. The third-order valence-electron chi connectivity index (χ3n) is 5.87. The molecule has 31 heavy (non-hydrogen) atoms. The van der Waals surface area contributed by atoms with Crippen LogP contribution < -0.4 is 0 Å². The highest BCUT2D eigenvalue weighted by atomic mass is 32.2. The summed E-state index contributed by atoms with van der Waals surface area (Å²) in [6, 6.07) is 11.2. The molecule has 1 aromatic carbocycles. The predicted molar refractivity (Wildman–Crippen MR) is 126 cm³/mol. The van der Waals surface area contributed by atoms with Crippen LogP contribution in [0.5, 0.6) is 0 Å². The van der Waals surface area contributed by atoms with Crippen molar-refractivity contribution >= 4 is 27.3 Å². The maximum Gasteiger partial charge on any atom is 0.243 e. The average Bonchev–Trinajstić information content (AvgIpc) is 3.31. The summed E-state index contributed by atoms with van der Waals surface area (Å²) in [6.07, 6.45) is 2.16. The van der Waals surface area contributed by atoms with Crippen LogP contribution in [0.1, 0.15) is 30.7 Å². The fraction of sp³-hybridized carbons (Fsp3) is 0.522. The molecule has 0 N–H and O–H groups in total. The zero-order valence-electron chi connectivity index (χ0n) is 18.5. The SMILES string of the molecule is CCN(CC)S(=O)(=O)c1ccc(CCC(=O)N2CCN(CCc3cccs3)CC2)cc1. The molecular weight excluding hydrogens is 430 g/mol. The predicted octanol–water partition coefficient (Wildman–Crippen LogP) is 3.10. The van der Waals surface area contributed by atoms with Crippen molar-refractivity contribution in [1.82, 2.24) is 14.1 Å². The number of thiophene rings is 1. The number of carbonyl (C=O) groups is 1. The largest absolute Gasteiger partial charge is 0.340 e. The minimum absolute atomic E-state index is 0.178. The highest BCUT2D eigenvalue weighted by Gasteiger charge is 2.22. The molecule has 0 radical (unpaired) electrons. The van der Waals surface area contributed by atoms with Crippen LogP contribution in [-0.2, 0) is 27.7 Å². The summed E-state index contributed by atoms with van der Waals surface area (Å²) in [5.74, 6) is 0.178. The summed E-state index contributed by atoms with van der Waals surface area (Å²) in [5.41, 5.74) is 0.987. The van der Waals surface area contributed by atoms with E-state index in [0.29, 0.717) is 30.8 Å². The molecule has 1 aliphatic rings. The minimum Gasteiger partial charge on any atom is -0.340 e. The highest BCUT2D eigenvalue weighted by Crippen LogP contribution is 2.17. The molecule has 1 saturated heterocycles. The normalized spacial score (nSPS) is 15.5. The molecule has 1 aromatic heterocycles. The summed E-state index contributed by atoms with van der Waals surface area (Å²) < 4.78 is 26.6. The second-order valence-electron chi connectivity index (χ2n) is 7.79. The third kappa shape index (κ3) is 6.38. The number of nitrogens with zero attached hydrogens (tertiary/aromatic N) is 3. The first kappa shape index (κ1) is 23.9. The Hall–Kier alpha value is -1.74. The van der Waals surface area contributed by atoms with Crippen molar-refractivity contribution in [3.63, 3.8) is 0 Å². The van der Waals surface area contributed by atoms with Gasteiger partial charge in [-0.05, 0) is 42.0 Å². The van der Waals surface area contributed by atoms with Crippen molar-refractivity contribution < 1.29 is 13.2 Å². The molecule has 2 aromatic rings. The fourth-order valence-electron chi connectivity index (χ4n) is 3.89. The number of aryl methyl sites for hydroxylation is 1. The second-order valence-corrected chi connectivity index (χ2v) is 10.8. The molecule has 8 heteroatoms. The molecule has 0 saturated carbocycles. The minimum atomic E-state index is -3.44. The first-order valence-electron chi connectivity index (χ1n) is 11.1. The van der Waals surface area contributed by atoms with Crippen molar-refractivity contribution in [2.45, 2.75) is 38.0 Å². The summed E-state index contributed by atoms with van der Waals surface area (Å²) in [4.78, 5) is 18.7. The van der Waals surface area contributed by atoms with Gasteiger partial charge in [-0.1, -0.05) is 32.0 Å². The van der Waals surface area contributed by atoms with Crippen LogP contribution in [0.25, 0.3) is 0 Å². The van der Waals surface area contributed by atoms with Crippen molar-refractivity contribution in [3.8, 4) is 0 Å². The molecule has 1 amide bonds. The van der Waals surface area contributed by atoms with Gasteiger partial charge in [0, 0.05) is 57.1 Å². The van der Waals surface area contributed by atoms with Crippen LogP contribution in [0.15, 0.2) is 46.7 Å². The monoisotopic (exact) mass is 463 g/mol. The van der Waals surface area contributed by atoms with Crippen LogP contribution in [0.2, 0.25) is 0 Å². The Morgan fingerprint density at radius 1 is 1.00 bits per heavy atom. The number of piperazine rings is 1. The van der Waals surface area contributed by atoms with Gasteiger partial charge in [0.25, 0.3) is 0 Å². The van der Waals surface area contributed by atoms with Crippen LogP contribution in [0.4, 0.5) is 0 Å². The van der Waals surface area contributed by atoms with Crippen molar-refractivity contribution in [2.24, 2.45) is 0 Å². The lowest BCUT2D eigenvalue weighted by atomic mass is 10.1. The Kier molecular flexibility index (Phi) is 8.66. The van der Waals surface area contributed by atoms with E-state index in [1.54, 1.807) is 23.5 Å². The van der Waals surface area contributed by atoms with E-state index in [0.717, 1.165) is 44.7 Å². The van der Waals surface area contributed by atoms with E-state index < -0.39 is 10.0 Å². The first-order chi connectivity index (χ1) is 14.9. The molecule has 0 spiro atoms. The Balaban J connectivity index is 1.43. The zero-order chi connectivity index (χ0) is 22.3. The third-order valence-corrected chi connectivity index (χ3v) is 8.87. The van der Waals surface area contributed by atoms with Gasteiger partial charge in [0.05, 0.1) is 4.90 Å². The first-order valence-corrected chi connectivity index (χ1v) is 13.4. The molecule has 1 aliphatic heterocycles. The zero-order valence-corrected chi connectivity index (χ0v) is 20.1. The maximum atomic E-state index is 12.6. The number of benzene rings is 1. The lowest BCUT2D eigenvalue weighted by Gasteiger charge is -2.34. The quantitative estimate of drug-likeness (QED) is 0.543. The summed E-state index contributed by atoms with van der Waals surface area (Å²) in [5, 5.41) is 2.11. The van der Waals surface area contributed by atoms with Gasteiger partial charge in [-0.3, -0.25) is 9.69 Å². The van der Waals surface area contributed by atoms with Crippen LogP contribution in [0, 0.1) is 0 Å². The van der Waals surface area contributed by atoms with Crippen LogP contribution >= 0.6 is 11.3 Å². The van der Waals surface area contributed by atoms with Crippen molar-refractivity contribution in [3.05, 3.63) is 52.2 Å². The molecule has 6 nitrogen and oxygen atoms in total. The number of hydrogen-bond donors (Lipinski definition) is 0. The molecule has 1 fully saturated rings. The molecular formula is C23H33N3O3S2. The fourth-order valence-corrected chi connectivity index (χ4v) is 6.05. The summed E-state index contributed by atoms with van der Waals surface area (Å²) >= 11 is 1.80. The van der Waals surface area contributed by atoms with Crippen molar-refractivity contribution in [1.29, 1.82) is 0 Å². The van der Waals surface area contributed by atoms with Gasteiger partial charge in [0.1, 0.15) is 0 Å². The van der Waals surface area contributed by atoms with Gasteiger partial charge in [0.2, 0.25) is 15.9 Å². The van der Waals surface area contributed by atoms with E-state index in [-0.39, 0.29) is 5.91 Å². The number of rotatable bonds is 10. The molecule has 2 heterocycles. The number of amides is 1. The van der Waals surface area contributed by atoms with E-state index in [9.17, 15) is 13.2 Å². The maximum absolute atomic E-state index is 12.6. The Bertz CT molecular complexity index is 915. The molecule has 0 unspecified atom stereocenters.